The predicted molar refractivity (Wildman–Crippen MR) is 228 cm³/mol. The first-order valence-electron chi connectivity index (χ1n) is 20.3. The fourth-order valence-electron chi connectivity index (χ4n) is 7.74. The average Bonchev–Trinajstić information content (AvgIpc) is 3.90. The molecular formula is C46H48N8O5. The first-order valence-corrected chi connectivity index (χ1v) is 20.3. The molecule has 13 nitrogen and oxygen atoms in total. The Balaban J connectivity index is 1.02. The summed E-state index contributed by atoms with van der Waals surface area (Å²) in [6, 6.07) is 29.6. The molecule has 4 N–H and O–H groups in total. The SMILES string of the molecule is CCCN(Cc1nc2ccc3cc(-c4ccc5c(ccc6nc(CN(CCC)C(=O)[C@H](NC(=O)C7CC7)c7ccccc7)[nH]c65)c4)ccc3c2[nH]1)C(=O)CNC(=O)OC. The Kier molecular flexibility index (Phi) is 11.3. The van der Waals surface area contributed by atoms with Gasteiger partial charge in [0.2, 0.25) is 17.7 Å². The standard InChI is InChI=1S/C46H48N8O5/c1-4-21-53(40(55)25-47-46(58)59-3)26-38-48-36-19-15-32-23-30(13-17-34(32)42(36)50-38)31-14-18-35-33(24-31)16-20-37-43(35)51-39(49-37)27-54(22-5-2)45(57)41(28-9-7-6-8-10-28)52-44(56)29-11-12-29/h6-10,13-20,23-24,29,41H,4-5,11-12,21-22,25-27H2,1-3H3,(H,47,58)(H,48,50)(H,49,51)(H,52,56)/t41-/m1/s1. The molecule has 2 aromatic heterocycles. The van der Waals surface area contributed by atoms with Crippen LogP contribution in [0.25, 0.3) is 54.7 Å². The molecule has 0 radical (unpaired) electrons. The summed E-state index contributed by atoms with van der Waals surface area (Å²) in [6.45, 7) is 5.51. The number of alkyl carbamates (subject to hydrolysis) is 1. The zero-order valence-electron chi connectivity index (χ0n) is 33.5. The molecule has 8 rings (SSSR count). The van der Waals surface area contributed by atoms with Crippen LogP contribution in [-0.4, -0.2) is 80.3 Å². The van der Waals surface area contributed by atoms with Gasteiger partial charge in [0.15, 0.2) is 0 Å². The van der Waals surface area contributed by atoms with Gasteiger partial charge in [0.05, 0.1) is 42.3 Å². The number of rotatable bonds is 15. The maximum atomic E-state index is 14.1. The smallest absolute Gasteiger partial charge is 0.407 e. The third kappa shape index (κ3) is 8.45. The second kappa shape index (κ2) is 17.0. The van der Waals surface area contributed by atoms with Crippen molar-refractivity contribution in [2.45, 2.75) is 58.7 Å². The highest BCUT2D eigenvalue weighted by Crippen LogP contribution is 2.33. The summed E-state index contributed by atoms with van der Waals surface area (Å²) in [6.07, 6.45) is 2.59. The molecule has 2 heterocycles. The Morgan fingerprint density at radius 2 is 1.31 bits per heavy atom. The number of fused-ring (bicyclic) bond motifs is 6. The van der Waals surface area contributed by atoms with E-state index in [0.29, 0.717) is 24.7 Å². The number of hydrogen-bond acceptors (Lipinski definition) is 7. The lowest BCUT2D eigenvalue weighted by Gasteiger charge is -2.27. The van der Waals surface area contributed by atoms with Gasteiger partial charge in [0, 0.05) is 29.8 Å². The normalized spacial score (nSPS) is 13.1. The molecule has 1 saturated carbocycles. The van der Waals surface area contributed by atoms with E-state index < -0.39 is 12.1 Å². The van der Waals surface area contributed by atoms with Crippen molar-refractivity contribution in [1.82, 2.24) is 40.4 Å². The molecule has 7 aromatic rings. The summed E-state index contributed by atoms with van der Waals surface area (Å²) in [5.74, 6) is 0.897. The highest BCUT2D eigenvalue weighted by molar-refractivity contribution is 6.07. The van der Waals surface area contributed by atoms with Crippen molar-refractivity contribution in [3.05, 3.63) is 108 Å². The third-order valence-corrected chi connectivity index (χ3v) is 10.9. The van der Waals surface area contributed by atoms with E-state index in [4.69, 9.17) is 9.97 Å². The molecule has 59 heavy (non-hydrogen) atoms. The van der Waals surface area contributed by atoms with Crippen molar-refractivity contribution < 1.29 is 23.9 Å². The van der Waals surface area contributed by atoms with Crippen LogP contribution in [0.3, 0.4) is 0 Å². The van der Waals surface area contributed by atoms with Crippen LogP contribution in [0.2, 0.25) is 0 Å². The number of aromatic nitrogens is 4. The second-order valence-corrected chi connectivity index (χ2v) is 15.2. The number of benzene rings is 5. The molecule has 5 aromatic carbocycles. The van der Waals surface area contributed by atoms with Gasteiger partial charge in [-0.05, 0) is 77.4 Å². The zero-order valence-corrected chi connectivity index (χ0v) is 33.5. The molecule has 13 heteroatoms. The lowest BCUT2D eigenvalue weighted by Crippen LogP contribution is -2.43. The number of ether oxygens (including phenoxy) is 1. The lowest BCUT2D eigenvalue weighted by molar-refractivity contribution is -0.137. The molecule has 4 amide bonds. The molecular weight excluding hydrogens is 745 g/mol. The van der Waals surface area contributed by atoms with Crippen molar-refractivity contribution >= 4 is 67.4 Å². The quantitative estimate of drug-likeness (QED) is 0.0834. The molecule has 302 valence electrons. The lowest BCUT2D eigenvalue weighted by atomic mass is 9.98. The number of aromatic amines is 2. The van der Waals surface area contributed by atoms with Gasteiger partial charge in [-0.25, -0.2) is 14.8 Å². The molecule has 0 bridgehead atoms. The van der Waals surface area contributed by atoms with Crippen LogP contribution >= 0.6 is 0 Å². The van der Waals surface area contributed by atoms with Crippen molar-refractivity contribution in [2.75, 3.05) is 26.7 Å². The molecule has 1 aliphatic carbocycles. The number of nitrogens with zero attached hydrogens (tertiary/aromatic N) is 4. The first-order chi connectivity index (χ1) is 28.7. The molecule has 0 aliphatic heterocycles. The van der Waals surface area contributed by atoms with Gasteiger partial charge >= 0.3 is 6.09 Å². The van der Waals surface area contributed by atoms with E-state index in [2.05, 4.69) is 73.9 Å². The van der Waals surface area contributed by atoms with Gasteiger partial charge in [-0.2, -0.15) is 0 Å². The minimum absolute atomic E-state index is 0.0141. The number of amides is 4. The Morgan fingerprint density at radius 3 is 1.85 bits per heavy atom. The maximum Gasteiger partial charge on any atom is 0.407 e. The van der Waals surface area contributed by atoms with Crippen LogP contribution in [0.15, 0.2) is 91.0 Å². The topological polar surface area (TPSA) is 165 Å². The highest BCUT2D eigenvalue weighted by Gasteiger charge is 2.35. The Labute approximate surface area is 341 Å². The van der Waals surface area contributed by atoms with E-state index in [0.717, 1.165) is 86.0 Å². The second-order valence-electron chi connectivity index (χ2n) is 15.2. The Hall–Kier alpha value is -6.76. The third-order valence-electron chi connectivity index (χ3n) is 10.9. The minimum Gasteiger partial charge on any atom is -0.453 e. The van der Waals surface area contributed by atoms with Gasteiger partial charge in [-0.1, -0.05) is 80.6 Å². The van der Waals surface area contributed by atoms with Crippen molar-refractivity contribution in [3.8, 4) is 11.1 Å². The molecule has 0 unspecified atom stereocenters. The number of imidazole rings is 2. The number of H-pyrrole nitrogens is 2. The van der Waals surface area contributed by atoms with Crippen molar-refractivity contribution in [3.63, 3.8) is 0 Å². The van der Waals surface area contributed by atoms with E-state index in [1.807, 2.05) is 56.3 Å². The molecule has 1 aliphatic rings. The Bertz CT molecular complexity index is 2680. The number of methoxy groups -OCH3 is 1. The van der Waals surface area contributed by atoms with Crippen LogP contribution in [0.1, 0.15) is 62.8 Å². The summed E-state index contributed by atoms with van der Waals surface area (Å²) in [5.41, 5.74) is 6.33. The van der Waals surface area contributed by atoms with Gasteiger partial charge in [0.1, 0.15) is 24.2 Å². The Morgan fingerprint density at radius 1 is 0.746 bits per heavy atom. The monoisotopic (exact) mass is 792 g/mol. The number of nitrogens with one attached hydrogen (secondary N) is 4. The van der Waals surface area contributed by atoms with E-state index in [1.54, 1.807) is 9.80 Å². The molecule has 1 fully saturated rings. The van der Waals surface area contributed by atoms with Crippen LogP contribution in [0.5, 0.6) is 0 Å². The van der Waals surface area contributed by atoms with Crippen LogP contribution < -0.4 is 10.6 Å². The van der Waals surface area contributed by atoms with E-state index in [1.165, 1.54) is 7.11 Å². The average molecular weight is 793 g/mol. The summed E-state index contributed by atoms with van der Waals surface area (Å²) in [5, 5.41) is 9.66. The highest BCUT2D eigenvalue weighted by atomic mass is 16.5. The maximum absolute atomic E-state index is 14.1. The summed E-state index contributed by atoms with van der Waals surface area (Å²) >= 11 is 0. The van der Waals surface area contributed by atoms with Crippen molar-refractivity contribution in [1.29, 1.82) is 0 Å². The van der Waals surface area contributed by atoms with Crippen LogP contribution in [0, 0.1) is 5.92 Å². The minimum atomic E-state index is -0.764. The van der Waals surface area contributed by atoms with Gasteiger partial charge in [-0.15, -0.1) is 0 Å². The molecule has 1 atom stereocenters. The van der Waals surface area contributed by atoms with E-state index in [-0.39, 0.29) is 43.3 Å². The van der Waals surface area contributed by atoms with Crippen LogP contribution in [0.4, 0.5) is 4.79 Å². The van der Waals surface area contributed by atoms with Gasteiger partial charge < -0.3 is 35.1 Å². The summed E-state index contributed by atoms with van der Waals surface area (Å²) in [4.78, 5) is 71.5. The fraction of sp³-hybridized carbons (Fsp3) is 0.304. The van der Waals surface area contributed by atoms with E-state index in [9.17, 15) is 19.2 Å². The zero-order chi connectivity index (χ0) is 41.0. The van der Waals surface area contributed by atoms with E-state index >= 15 is 0 Å². The van der Waals surface area contributed by atoms with Crippen LogP contribution in [-0.2, 0) is 32.2 Å². The number of carbonyl (C=O) groups excluding carboxylic acids is 4. The summed E-state index contributed by atoms with van der Waals surface area (Å²) < 4.78 is 4.60. The summed E-state index contributed by atoms with van der Waals surface area (Å²) in [7, 11) is 1.26. The largest absolute Gasteiger partial charge is 0.453 e. The number of carbonyl (C=O) groups is 4. The van der Waals surface area contributed by atoms with Gasteiger partial charge in [-0.3, -0.25) is 14.4 Å². The first kappa shape index (κ1) is 39.1. The van der Waals surface area contributed by atoms with Gasteiger partial charge in [0.25, 0.3) is 0 Å². The fourth-order valence-corrected chi connectivity index (χ4v) is 7.74. The van der Waals surface area contributed by atoms with Crippen molar-refractivity contribution in [2.24, 2.45) is 5.92 Å². The molecule has 0 saturated heterocycles. The predicted octanol–water partition coefficient (Wildman–Crippen LogP) is 7.51. The molecule has 0 spiro atoms. The number of hydrogen-bond donors (Lipinski definition) is 4.